The van der Waals surface area contributed by atoms with Crippen LogP contribution in [0.4, 0.5) is 0 Å². The van der Waals surface area contributed by atoms with Crippen molar-refractivity contribution in [3.05, 3.63) is 24.3 Å². The summed E-state index contributed by atoms with van der Waals surface area (Å²) >= 11 is 0. The molecule has 96 valence electrons. The number of rotatable bonds is 8. The zero-order valence-electron chi connectivity index (χ0n) is 10.5. The molecule has 0 spiro atoms. The molecular formula is C13H21NO3. The molecule has 1 aromatic carbocycles. The first-order valence-electron chi connectivity index (χ1n) is 5.88. The second-order valence-electron chi connectivity index (χ2n) is 3.75. The molecule has 0 bridgehead atoms. The number of ether oxygens (including phenoxy) is 3. The second-order valence-corrected chi connectivity index (χ2v) is 3.75. The van der Waals surface area contributed by atoms with Crippen molar-refractivity contribution in [2.75, 3.05) is 26.9 Å². The van der Waals surface area contributed by atoms with Gasteiger partial charge in [0.05, 0.1) is 13.2 Å². The highest BCUT2D eigenvalue weighted by atomic mass is 16.5. The Morgan fingerprint density at radius 3 is 2.35 bits per heavy atom. The highest BCUT2D eigenvalue weighted by Crippen LogP contribution is 2.18. The molecule has 1 atom stereocenters. The lowest BCUT2D eigenvalue weighted by molar-refractivity contribution is 0.0860. The smallest absolute Gasteiger partial charge is 0.134 e. The zero-order valence-corrected chi connectivity index (χ0v) is 10.5. The minimum atomic E-state index is -0.109. The van der Waals surface area contributed by atoms with Crippen LogP contribution < -0.4 is 15.2 Å². The molecule has 0 aliphatic heterocycles. The van der Waals surface area contributed by atoms with Gasteiger partial charge in [-0.05, 0) is 30.7 Å². The van der Waals surface area contributed by atoms with Crippen molar-refractivity contribution in [1.29, 1.82) is 0 Å². The van der Waals surface area contributed by atoms with Crippen molar-refractivity contribution in [1.82, 2.24) is 0 Å². The van der Waals surface area contributed by atoms with Gasteiger partial charge < -0.3 is 19.9 Å². The van der Waals surface area contributed by atoms with Gasteiger partial charge in [-0.15, -0.1) is 0 Å². The quantitative estimate of drug-likeness (QED) is 0.752. The van der Waals surface area contributed by atoms with Crippen LogP contribution in [-0.2, 0) is 4.74 Å². The van der Waals surface area contributed by atoms with Crippen molar-refractivity contribution < 1.29 is 14.2 Å². The maximum absolute atomic E-state index is 5.66. The van der Waals surface area contributed by atoms with Crippen LogP contribution in [0.1, 0.15) is 13.3 Å². The fraction of sp³-hybridized carbons (Fsp3) is 0.538. The van der Waals surface area contributed by atoms with E-state index >= 15 is 0 Å². The highest BCUT2D eigenvalue weighted by Gasteiger charge is 2.07. The Morgan fingerprint density at radius 2 is 1.82 bits per heavy atom. The predicted octanol–water partition coefficient (Wildman–Crippen LogP) is 1.83. The molecule has 0 fully saturated rings. The molecule has 0 heterocycles. The third-order valence-electron chi connectivity index (χ3n) is 2.21. The summed E-state index contributed by atoms with van der Waals surface area (Å²) in [4.78, 5) is 0. The highest BCUT2D eigenvalue weighted by molar-refractivity contribution is 5.31. The molecule has 0 aliphatic carbocycles. The Bertz CT molecular complexity index is 300. The van der Waals surface area contributed by atoms with Crippen LogP contribution in [0.5, 0.6) is 11.5 Å². The topological polar surface area (TPSA) is 53.7 Å². The van der Waals surface area contributed by atoms with E-state index < -0.39 is 0 Å². The predicted molar refractivity (Wildman–Crippen MR) is 67.6 cm³/mol. The third-order valence-corrected chi connectivity index (χ3v) is 2.21. The normalized spacial score (nSPS) is 12.2. The number of hydrogen-bond donors (Lipinski definition) is 1. The van der Waals surface area contributed by atoms with Crippen LogP contribution in [0.3, 0.4) is 0 Å². The molecule has 0 aliphatic rings. The number of hydrogen-bond acceptors (Lipinski definition) is 4. The molecule has 0 radical (unpaired) electrons. The average molecular weight is 239 g/mol. The first-order valence-corrected chi connectivity index (χ1v) is 5.88. The van der Waals surface area contributed by atoms with Crippen molar-refractivity contribution in [2.24, 2.45) is 5.73 Å². The van der Waals surface area contributed by atoms with Crippen molar-refractivity contribution in [3.63, 3.8) is 0 Å². The summed E-state index contributed by atoms with van der Waals surface area (Å²) in [6.07, 6.45) is 0.892. The number of benzene rings is 1. The lowest BCUT2D eigenvalue weighted by Crippen LogP contribution is -2.31. The summed E-state index contributed by atoms with van der Waals surface area (Å²) in [5.41, 5.74) is 5.57. The van der Waals surface area contributed by atoms with E-state index in [1.54, 1.807) is 7.11 Å². The molecule has 1 rings (SSSR count). The molecule has 4 heteroatoms. The molecule has 0 saturated heterocycles. The van der Waals surface area contributed by atoms with Crippen molar-refractivity contribution >= 4 is 0 Å². The zero-order chi connectivity index (χ0) is 12.5. The third kappa shape index (κ3) is 5.06. The fourth-order valence-corrected chi connectivity index (χ4v) is 1.36. The van der Waals surface area contributed by atoms with Crippen molar-refractivity contribution in [3.8, 4) is 11.5 Å². The SMILES string of the molecule is CCCOc1ccc(OC(CN)COC)cc1. The van der Waals surface area contributed by atoms with E-state index in [0.29, 0.717) is 13.2 Å². The lowest BCUT2D eigenvalue weighted by atomic mass is 10.3. The van der Waals surface area contributed by atoms with Gasteiger partial charge in [0.25, 0.3) is 0 Å². The summed E-state index contributed by atoms with van der Waals surface area (Å²) in [6.45, 7) is 3.73. The number of nitrogens with two attached hydrogens (primary N) is 1. The van der Waals surface area contributed by atoms with Gasteiger partial charge in [-0.3, -0.25) is 0 Å². The molecule has 1 unspecified atom stereocenters. The summed E-state index contributed by atoms with van der Waals surface area (Å²) in [5, 5.41) is 0. The summed E-state index contributed by atoms with van der Waals surface area (Å²) < 4.78 is 16.2. The first kappa shape index (κ1) is 13.8. The van der Waals surface area contributed by atoms with Gasteiger partial charge in [0, 0.05) is 13.7 Å². The Balaban J connectivity index is 2.49. The monoisotopic (exact) mass is 239 g/mol. The summed E-state index contributed by atoms with van der Waals surface area (Å²) in [5.74, 6) is 1.64. The van der Waals surface area contributed by atoms with Crippen LogP contribution in [0.15, 0.2) is 24.3 Å². The standard InChI is InChI=1S/C13H21NO3/c1-3-8-16-11-4-6-12(7-5-11)17-13(9-14)10-15-2/h4-7,13H,3,8-10,14H2,1-2H3. The Hall–Kier alpha value is -1.26. The van der Waals surface area contributed by atoms with Gasteiger partial charge in [-0.1, -0.05) is 6.92 Å². The Labute approximate surface area is 103 Å². The second kappa shape index (κ2) is 7.92. The van der Waals surface area contributed by atoms with E-state index in [9.17, 15) is 0 Å². The van der Waals surface area contributed by atoms with Crippen LogP contribution in [0.2, 0.25) is 0 Å². The Morgan fingerprint density at radius 1 is 1.18 bits per heavy atom. The van der Waals surface area contributed by atoms with Gasteiger partial charge in [0.2, 0.25) is 0 Å². The van der Waals surface area contributed by atoms with Gasteiger partial charge >= 0.3 is 0 Å². The van der Waals surface area contributed by atoms with Gasteiger partial charge in [0.15, 0.2) is 0 Å². The summed E-state index contributed by atoms with van der Waals surface area (Å²) in [6, 6.07) is 7.55. The van der Waals surface area contributed by atoms with E-state index in [-0.39, 0.29) is 6.10 Å². The van der Waals surface area contributed by atoms with E-state index in [2.05, 4.69) is 6.92 Å². The minimum absolute atomic E-state index is 0.109. The average Bonchev–Trinajstić information content (AvgIpc) is 2.37. The molecule has 1 aromatic rings. The van der Waals surface area contributed by atoms with E-state index in [4.69, 9.17) is 19.9 Å². The van der Waals surface area contributed by atoms with E-state index in [1.807, 2.05) is 24.3 Å². The lowest BCUT2D eigenvalue weighted by Gasteiger charge is -2.16. The molecule has 0 amide bonds. The van der Waals surface area contributed by atoms with Gasteiger partial charge in [0.1, 0.15) is 17.6 Å². The van der Waals surface area contributed by atoms with Crippen molar-refractivity contribution in [2.45, 2.75) is 19.4 Å². The largest absolute Gasteiger partial charge is 0.494 e. The Kier molecular flexibility index (Phi) is 6.43. The summed E-state index contributed by atoms with van der Waals surface area (Å²) in [7, 11) is 1.63. The van der Waals surface area contributed by atoms with Crippen LogP contribution in [-0.4, -0.2) is 33.0 Å². The van der Waals surface area contributed by atoms with Gasteiger partial charge in [-0.25, -0.2) is 0 Å². The number of methoxy groups -OCH3 is 1. The van der Waals surface area contributed by atoms with E-state index in [1.165, 1.54) is 0 Å². The van der Waals surface area contributed by atoms with E-state index in [0.717, 1.165) is 24.5 Å². The molecule has 0 saturated carbocycles. The molecule has 4 nitrogen and oxygen atoms in total. The van der Waals surface area contributed by atoms with Crippen LogP contribution in [0.25, 0.3) is 0 Å². The maximum Gasteiger partial charge on any atom is 0.134 e. The fourth-order valence-electron chi connectivity index (χ4n) is 1.36. The van der Waals surface area contributed by atoms with Crippen LogP contribution in [0, 0.1) is 0 Å². The molecule has 0 aromatic heterocycles. The van der Waals surface area contributed by atoms with Crippen LogP contribution >= 0.6 is 0 Å². The maximum atomic E-state index is 5.66. The first-order chi connectivity index (χ1) is 8.30. The molecule has 17 heavy (non-hydrogen) atoms. The van der Waals surface area contributed by atoms with Gasteiger partial charge in [-0.2, -0.15) is 0 Å². The minimum Gasteiger partial charge on any atom is -0.494 e. The molecule has 2 N–H and O–H groups in total. The molecular weight excluding hydrogens is 218 g/mol.